The minimum absolute atomic E-state index is 0.0949. The number of benzene rings is 1. The van der Waals surface area contributed by atoms with E-state index < -0.39 is 17.6 Å². The lowest BCUT2D eigenvalue weighted by Crippen LogP contribution is -2.43. The Morgan fingerprint density at radius 3 is 2.61 bits per heavy atom. The molecule has 5 rings (SSSR count). The van der Waals surface area contributed by atoms with Gasteiger partial charge in [-0.2, -0.15) is 0 Å². The molecule has 0 radical (unpaired) electrons. The van der Waals surface area contributed by atoms with Gasteiger partial charge < -0.3 is 24.3 Å². The zero-order valence-corrected chi connectivity index (χ0v) is 26.7. The maximum absolute atomic E-state index is 12.9. The Labute approximate surface area is 259 Å². The zero-order chi connectivity index (χ0) is 32.0. The maximum atomic E-state index is 12.9. The molecule has 2 aromatic rings. The molecule has 2 heterocycles. The van der Waals surface area contributed by atoms with Gasteiger partial charge >= 0.3 is 18.0 Å². The fourth-order valence-electron chi connectivity index (χ4n) is 6.24. The molecule has 0 spiro atoms. The van der Waals surface area contributed by atoms with Crippen LogP contribution in [-0.2, 0) is 23.8 Å². The van der Waals surface area contributed by atoms with Gasteiger partial charge in [-0.15, -0.1) is 0 Å². The number of cyclic esters (lactones) is 1. The van der Waals surface area contributed by atoms with E-state index in [1.165, 1.54) is 12.7 Å². The first kappa shape index (κ1) is 33.2. The van der Waals surface area contributed by atoms with Crippen molar-refractivity contribution in [3.8, 4) is 0 Å². The van der Waals surface area contributed by atoms with Crippen LogP contribution in [0.15, 0.2) is 48.1 Å². The summed E-state index contributed by atoms with van der Waals surface area (Å²) in [6, 6.07) is 7.51. The number of carbonyl (C=O) groups is 3. The van der Waals surface area contributed by atoms with Crippen molar-refractivity contribution in [1.29, 1.82) is 0 Å². The molecular weight excluding hydrogens is 562 g/mol. The average Bonchev–Trinajstić information content (AvgIpc) is 3.38. The number of anilines is 1. The minimum Gasteiger partial charge on any atom is -0.462 e. The number of nitrogens with one attached hydrogen (secondary N) is 2. The number of esters is 2. The van der Waals surface area contributed by atoms with E-state index in [4.69, 9.17) is 9.47 Å². The average molecular weight is 610 g/mol. The van der Waals surface area contributed by atoms with Crippen LogP contribution in [0.1, 0.15) is 73.1 Å². The van der Waals surface area contributed by atoms with Crippen LogP contribution in [0.2, 0.25) is 0 Å². The number of nitrogens with zero attached hydrogens (tertiary/aromatic N) is 1. The fraction of sp³-hybridized carbons (Fsp3) is 0.588. The number of methoxy groups -OCH3 is 1. The Kier molecular flexibility index (Phi) is 10.9. The first-order chi connectivity index (χ1) is 20.9. The van der Waals surface area contributed by atoms with Crippen LogP contribution >= 0.6 is 0 Å². The van der Waals surface area contributed by atoms with Crippen molar-refractivity contribution < 1.29 is 33.7 Å². The quantitative estimate of drug-likeness (QED) is 0.245. The van der Waals surface area contributed by atoms with E-state index in [0.29, 0.717) is 30.1 Å². The van der Waals surface area contributed by atoms with Gasteiger partial charge in [0.25, 0.3) is 0 Å². The molecule has 0 bridgehead atoms. The number of para-hydroxylation sites is 2. The fourth-order valence-corrected chi connectivity index (χ4v) is 6.24. The number of carbonyl (C=O) groups excluding carboxylic acids is 3. The van der Waals surface area contributed by atoms with E-state index >= 15 is 0 Å². The van der Waals surface area contributed by atoms with E-state index in [1.54, 1.807) is 0 Å². The number of aliphatic hydroxyl groups excluding tert-OH is 1. The predicted molar refractivity (Wildman–Crippen MR) is 168 cm³/mol. The molecule has 1 aromatic carbocycles. The molecule has 10 nitrogen and oxygen atoms in total. The van der Waals surface area contributed by atoms with Gasteiger partial charge in [0, 0.05) is 12.3 Å². The number of aliphatic hydroxyl groups is 1. The topological polar surface area (TPSA) is 140 Å². The highest BCUT2D eigenvalue weighted by atomic mass is 16.6. The second-order valence-electron chi connectivity index (χ2n) is 13.0. The van der Waals surface area contributed by atoms with E-state index in [9.17, 15) is 19.5 Å². The maximum Gasteiger partial charge on any atom is 0.413 e. The molecule has 240 valence electrons. The summed E-state index contributed by atoms with van der Waals surface area (Å²) >= 11 is 0. The van der Waals surface area contributed by atoms with Crippen molar-refractivity contribution >= 4 is 35.0 Å². The van der Waals surface area contributed by atoms with Crippen LogP contribution in [0.4, 0.5) is 10.7 Å². The smallest absolute Gasteiger partial charge is 0.413 e. The number of rotatable bonds is 7. The molecular formula is C34H47N3O7. The van der Waals surface area contributed by atoms with Crippen molar-refractivity contribution in [3.63, 3.8) is 0 Å². The molecule has 2 aliphatic carbocycles. The van der Waals surface area contributed by atoms with Gasteiger partial charge in [0.05, 0.1) is 36.1 Å². The second-order valence-corrected chi connectivity index (χ2v) is 13.0. The molecule has 1 aromatic heterocycles. The summed E-state index contributed by atoms with van der Waals surface area (Å²) in [5.74, 6) is 1.16. The van der Waals surface area contributed by atoms with Crippen LogP contribution in [-0.4, -0.2) is 58.5 Å². The van der Waals surface area contributed by atoms with Gasteiger partial charge in [0.2, 0.25) is 5.95 Å². The van der Waals surface area contributed by atoms with Crippen molar-refractivity contribution in [2.45, 2.75) is 91.5 Å². The normalized spacial score (nSPS) is 28.1. The van der Waals surface area contributed by atoms with E-state index in [-0.39, 0.29) is 36.5 Å². The molecule has 3 N–H and O–H groups in total. The third-order valence-corrected chi connectivity index (χ3v) is 9.14. The molecule has 1 amide bonds. The molecule has 3 aliphatic rings. The number of aromatic nitrogens is 2. The predicted octanol–water partition coefficient (Wildman–Crippen LogP) is 6.33. The highest BCUT2D eigenvalue weighted by Gasteiger charge is 2.43. The van der Waals surface area contributed by atoms with Crippen LogP contribution in [0.3, 0.4) is 0 Å². The van der Waals surface area contributed by atoms with Crippen LogP contribution in [0, 0.1) is 29.1 Å². The van der Waals surface area contributed by atoms with Crippen molar-refractivity contribution in [3.05, 3.63) is 48.1 Å². The highest BCUT2D eigenvalue weighted by Crippen LogP contribution is 2.45. The molecule has 44 heavy (non-hydrogen) atoms. The number of aromatic amines is 1. The van der Waals surface area contributed by atoms with Gasteiger partial charge in [-0.3, -0.25) is 14.9 Å². The largest absolute Gasteiger partial charge is 0.462 e. The second kappa shape index (κ2) is 14.4. The summed E-state index contributed by atoms with van der Waals surface area (Å²) in [6.45, 7) is 10.3. The molecule has 1 fully saturated rings. The van der Waals surface area contributed by atoms with Crippen LogP contribution < -0.4 is 5.32 Å². The number of amides is 1. The number of imidazole rings is 1. The molecule has 0 saturated carbocycles. The minimum atomic E-state index is -0.601. The number of hydrogen-bond donors (Lipinski definition) is 3. The Morgan fingerprint density at radius 1 is 1.18 bits per heavy atom. The molecule has 1 saturated heterocycles. The third kappa shape index (κ3) is 8.28. The number of allylic oxidation sites excluding steroid dienone is 3. The molecule has 7 atom stereocenters. The van der Waals surface area contributed by atoms with Gasteiger partial charge in [-0.05, 0) is 75.0 Å². The Balaban J connectivity index is 0.000000262. The highest BCUT2D eigenvalue weighted by molar-refractivity contribution is 5.86. The van der Waals surface area contributed by atoms with E-state index in [1.807, 2.05) is 45.0 Å². The monoisotopic (exact) mass is 609 g/mol. The Hall–Kier alpha value is -3.66. The van der Waals surface area contributed by atoms with Crippen LogP contribution in [0.25, 0.3) is 11.0 Å². The third-order valence-electron chi connectivity index (χ3n) is 9.14. The summed E-state index contributed by atoms with van der Waals surface area (Å²) in [4.78, 5) is 42.5. The summed E-state index contributed by atoms with van der Waals surface area (Å²) in [7, 11) is 1.30. The lowest BCUT2D eigenvalue weighted by molar-refractivity contribution is -0.166. The van der Waals surface area contributed by atoms with Gasteiger partial charge in [-0.25, -0.2) is 9.78 Å². The lowest BCUT2D eigenvalue weighted by atomic mass is 9.65. The van der Waals surface area contributed by atoms with Gasteiger partial charge in [-0.1, -0.05) is 51.1 Å². The van der Waals surface area contributed by atoms with Crippen molar-refractivity contribution in [2.24, 2.45) is 29.1 Å². The Morgan fingerprint density at radius 2 is 1.93 bits per heavy atom. The number of fused-ring (bicyclic) bond motifs is 2. The summed E-state index contributed by atoms with van der Waals surface area (Å²) in [6.07, 6.45) is 9.07. The number of H-pyrrole nitrogens is 1. The number of ether oxygens (including phenoxy) is 3. The Bertz CT molecular complexity index is 1350. The first-order valence-electron chi connectivity index (χ1n) is 15.7. The summed E-state index contributed by atoms with van der Waals surface area (Å²) in [5.41, 5.74) is 2.46. The lowest BCUT2D eigenvalue weighted by Gasteiger charge is -2.44. The van der Waals surface area contributed by atoms with Crippen LogP contribution in [0.5, 0.6) is 0 Å². The van der Waals surface area contributed by atoms with E-state index in [2.05, 4.69) is 52.1 Å². The number of hydrogen-bond acceptors (Lipinski definition) is 8. The summed E-state index contributed by atoms with van der Waals surface area (Å²) in [5, 5.41) is 12.4. The molecule has 0 unspecified atom stereocenters. The molecule has 10 heteroatoms. The SMILES string of the molecule is CCC(C)(C)C(=O)O[C@H]1C[C@@H](C)C=C2C=C[C@H](C)[C@H](CC[C@@H]3C[C@@H](O)CC(=O)O3)[C@H]21.COC(=O)Nc1nc2ccccc2[nH]1. The zero-order valence-electron chi connectivity index (χ0n) is 26.7. The molecule has 1 aliphatic heterocycles. The van der Waals surface area contributed by atoms with Gasteiger partial charge in [0.1, 0.15) is 12.2 Å². The van der Waals surface area contributed by atoms with Crippen molar-refractivity contribution in [1.82, 2.24) is 9.97 Å². The van der Waals surface area contributed by atoms with Gasteiger partial charge in [0.15, 0.2) is 0 Å². The standard InChI is InChI=1S/C25H38O5.C9H9N3O2/c1-6-25(4,5)24(28)30-21-12-15(2)11-17-8-7-16(3)20(23(17)21)10-9-19-13-18(26)14-22(27)29-19;1-14-9(13)12-8-10-6-4-2-3-5-7(6)11-8/h7-8,11,15-16,18-21,23,26H,6,9-10,12-14H2,1-5H3;2-5H,1H3,(H2,10,11,12,13)/t15-,16-,18+,19+,20-,21-,23-;/m0./s1. The first-order valence-corrected chi connectivity index (χ1v) is 15.7. The van der Waals surface area contributed by atoms with Crippen molar-refractivity contribution in [2.75, 3.05) is 12.4 Å². The summed E-state index contributed by atoms with van der Waals surface area (Å²) < 4.78 is 16.1. The van der Waals surface area contributed by atoms with E-state index in [0.717, 1.165) is 36.7 Å².